The maximum atomic E-state index is 12.4. The molecule has 2 rings (SSSR count). The fourth-order valence-corrected chi connectivity index (χ4v) is 3.14. The largest absolute Gasteiger partial charge is 0.350 e. The van der Waals surface area contributed by atoms with Gasteiger partial charge in [-0.05, 0) is 19.6 Å². The van der Waals surface area contributed by atoms with Gasteiger partial charge in [-0.25, -0.2) is 4.98 Å². The Hall–Kier alpha value is -1.34. The molecule has 0 saturated heterocycles. The van der Waals surface area contributed by atoms with Crippen LogP contribution in [0.15, 0.2) is 21.4 Å². The standard InChI is InChI=1S/C12H15N3O2S2/c1-4-18-10-8(9(16)13-7(2)3)11(17)15-5-6-19-12(15)14-10/h5-7H,4H2,1-3H3,(H,13,16). The third kappa shape index (κ3) is 2.82. The summed E-state index contributed by atoms with van der Waals surface area (Å²) in [6, 6.07) is -0.0189. The Kier molecular flexibility index (Phi) is 4.26. The number of hydrogen-bond acceptors (Lipinski definition) is 5. The minimum absolute atomic E-state index is 0.0189. The third-order valence-corrected chi connectivity index (χ3v) is 3.98. The summed E-state index contributed by atoms with van der Waals surface area (Å²) in [6.07, 6.45) is 1.64. The lowest BCUT2D eigenvalue weighted by Gasteiger charge is -2.10. The highest BCUT2D eigenvalue weighted by Gasteiger charge is 2.20. The molecule has 0 aliphatic heterocycles. The first-order chi connectivity index (χ1) is 9.04. The molecule has 0 saturated carbocycles. The van der Waals surface area contributed by atoms with Crippen LogP contribution in [0.25, 0.3) is 4.96 Å². The SMILES string of the molecule is CCSc1nc2sccn2c(=O)c1C(=O)NC(C)C. The molecule has 0 radical (unpaired) electrons. The molecule has 0 aliphatic rings. The van der Waals surface area contributed by atoms with Crippen LogP contribution >= 0.6 is 23.1 Å². The maximum absolute atomic E-state index is 12.4. The lowest BCUT2D eigenvalue weighted by atomic mass is 10.3. The first-order valence-electron chi connectivity index (χ1n) is 5.98. The van der Waals surface area contributed by atoms with Gasteiger partial charge in [0.25, 0.3) is 11.5 Å². The average Bonchev–Trinajstić information content (AvgIpc) is 2.76. The Bertz CT molecular complexity index is 661. The van der Waals surface area contributed by atoms with Crippen molar-refractivity contribution in [2.75, 3.05) is 5.75 Å². The number of nitrogens with zero attached hydrogens (tertiary/aromatic N) is 2. The first kappa shape index (κ1) is 14.1. The molecule has 2 aromatic heterocycles. The zero-order valence-electron chi connectivity index (χ0n) is 11.0. The van der Waals surface area contributed by atoms with E-state index in [1.165, 1.54) is 27.5 Å². The fraction of sp³-hybridized carbons (Fsp3) is 0.417. The summed E-state index contributed by atoms with van der Waals surface area (Å²) in [4.78, 5) is 29.5. The van der Waals surface area contributed by atoms with Crippen molar-refractivity contribution < 1.29 is 4.79 Å². The Morgan fingerprint density at radius 1 is 1.58 bits per heavy atom. The molecule has 7 heteroatoms. The molecule has 2 heterocycles. The highest BCUT2D eigenvalue weighted by Crippen LogP contribution is 2.20. The van der Waals surface area contributed by atoms with Gasteiger partial charge in [-0.2, -0.15) is 0 Å². The van der Waals surface area contributed by atoms with Gasteiger partial charge in [0.1, 0.15) is 10.6 Å². The van der Waals surface area contributed by atoms with E-state index in [-0.39, 0.29) is 23.1 Å². The van der Waals surface area contributed by atoms with E-state index in [4.69, 9.17) is 0 Å². The lowest BCUT2D eigenvalue weighted by molar-refractivity contribution is 0.0937. The van der Waals surface area contributed by atoms with E-state index in [2.05, 4.69) is 10.3 Å². The van der Waals surface area contributed by atoms with Crippen LogP contribution in [-0.4, -0.2) is 27.1 Å². The molecule has 0 aromatic carbocycles. The predicted molar refractivity (Wildman–Crippen MR) is 78.3 cm³/mol. The molecule has 0 fully saturated rings. The summed E-state index contributed by atoms with van der Waals surface area (Å²) >= 11 is 2.79. The van der Waals surface area contributed by atoms with E-state index in [0.29, 0.717) is 9.99 Å². The van der Waals surface area contributed by atoms with Crippen molar-refractivity contribution in [3.63, 3.8) is 0 Å². The van der Waals surface area contributed by atoms with Crippen LogP contribution in [0.2, 0.25) is 0 Å². The molecule has 0 aliphatic carbocycles. The number of nitrogens with one attached hydrogen (secondary N) is 1. The summed E-state index contributed by atoms with van der Waals surface area (Å²) < 4.78 is 1.42. The highest BCUT2D eigenvalue weighted by atomic mass is 32.2. The number of thioether (sulfide) groups is 1. The number of thiazole rings is 1. The van der Waals surface area contributed by atoms with Gasteiger partial charge < -0.3 is 5.32 Å². The van der Waals surface area contributed by atoms with Crippen LogP contribution in [0, 0.1) is 0 Å². The van der Waals surface area contributed by atoms with Gasteiger partial charge in [0, 0.05) is 17.6 Å². The minimum atomic E-state index is -0.357. The van der Waals surface area contributed by atoms with Gasteiger partial charge in [-0.3, -0.25) is 14.0 Å². The highest BCUT2D eigenvalue weighted by molar-refractivity contribution is 7.99. The van der Waals surface area contributed by atoms with Crippen LogP contribution in [-0.2, 0) is 0 Å². The van der Waals surface area contributed by atoms with Crippen molar-refractivity contribution in [2.24, 2.45) is 0 Å². The summed E-state index contributed by atoms with van der Waals surface area (Å²) in [5, 5.41) is 5.05. The summed E-state index contributed by atoms with van der Waals surface area (Å²) in [7, 11) is 0. The molecule has 0 spiro atoms. The normalized spacial score (nSPS) is 11.2. The van der Waals surface area contributed by atoms with Gasteiger partial charge in [0.2, 0.25) is 0 Å². The predicted octanol–water partition coefficient (Wildman–Crippen LogP) is 2.01. The van der Waals surface area contributed by atoms with Crippen molar-refractivity contribution in [2.45, 2.75) is 31.8 Å². The van der Waals surface area contributed by atoms with Crippen LogP contribution < -0.4 is 10.9 Å². The van der Waals surface area contributed by atoms with Crippen molar-refractivity contribution in [3.8, 4) is 0 Å². The summed E-state index contributed by atoms with van der Waals surface area (Å²) in [5.41, 5.74) is -0.170. The topological polar surface area (TPSA) is 63.5 Å². The Labute approximate surface area is 119 Å². The van der Waals surface area contributed by atoms with E-state index in [0.717, 1.165) is 5.75 Å². The second-order valence-electron chi connectivity index (χ2n) is 4.21. The fourth-order valence-electron chi connectivity index (χ4n) is 1.63. The van der Waals surface area contributed by atoms with E-state index < -0.39 is 0 Å². The van der Waals surface area contributed by atoms with Gasteiger partial charge in [-0.15, -0.1) is 23.1 Å². The van der Waals surface area contributed by atoms with Crippen molar-refractivity contribution in [1.82, 2.24) is 14.7 Å². The average molecular weight is 297 g/mol. The van der Waals surface area contributed by atoms with Crippen LogP contribution in [0.4, 0.5) is 0 Å². The third-order valence-electron chi connectivity index (χ3n) is 2.36. The van der Waals surface area contributed by atoms with E-state index in [1.54, 1.807) is 11.6 Å². The number of fused-ring (bicyclic) bond motifs is 1. The molecule has 0 atom stereocenters. The Morgan fingerprint density at radius 2 is 2.32 bits per heavy atom. The minimum Gasteiger partial charge on any atom is -0.350 e. The van der Waals surface area contributed by atoms with Crippen molar-refractivity contribution in [1.29, 1.82) is 0 Å². The van der Waals surface area contributed by atoms with Crippen LogP contribution in [0.5, 0.6) is 0 Å². The van der Waals surface area contributed by atoms with Crippen LogP contribution in [0.3, 0.4) is 0 Å². The van der Waals surface area contributed by atoms with Gasteiger partial charge in [0.15, 0.2) is 4.96 Å². The lowest BCUT2D eigenvalue weighted by Crippen LogP contribution is -2.36. The summed E-state index contributed by atoms with van der Waals surface area (Å²) in [6.45, 7) is 5.68. The van der Waals surface area contributed by atoms with E-state index in [9.17, 15) is 9.59 Å². The monoisotopic (exact) mass is 297 g/mol. The molecule has 102 valence electrons. The molecule has 1 N–H and O–H groups in total. The van der Waals surface area contributed by atoms with Crippen LogP contribution in [0.1, 0.15) is 31.1 Å². The Balaban J connectivity index is 2.61. The number of hydrogen-bond donors (Lipinski definition) is 1. The molecular formula is C12H15N3O2S2. The van der Waals surface area contributed by atoms with Crippen molar-refractivity contribution >= 4 is 34.0 Å². The van der Waals surface area contributed by atoms with E-state index >= 15 is 0 Å². The molecule has 0 unspecified atom stereocenters. The van der Waals surface area contributed by atoms with Gasteiger partial charge >= 0.3 is 0 Å². The molecule has 5 nitrogen and oxygen atoms in total. The number of aromatic nitrogens is 2. The molecule has 0 bridgehead atoms. The Morgan fingerprint density at radius 3 is 2.95 bits per heavy atom. The maximum Gasteiger partial charge on any atom is 0.272 e. The summed E-state index contributed by atoms with van der Waals surface area (Å²) in [5.74, 6) is 0.403. The number of amides is 1. The quantitative estimate of drug-likeness (QED) is 0.692. The number of rotatable bonds is 4. The molecule has 19 heavy (non-hydrogen) atoms. The second kappa shape index (κ2) is 5.75. The van der Waals surface area contributed by atoms with Gasteiger partial charge in [-0.1, -0.05) is 6.92 Å². The zero-order valence-corrected chi connectivity index (χ0v) is 12.6. The smallest absolute Gasteiger partial charge is 0.272 e. The second-order valence-corrected chi connectivity index (χ2v) is 6.34. The number of carbonyl (C=O) groups is 1. The van der Waals surface area contributed by atoms with E-state index in [1.807, 2.05) is 20.8 Å². The zero-order chi connectivity index (χ0) is 14.0. The molecule has 1 amide bonds. The first-order valence-corrected chi connectivity index (χ1v) is 7.84. The molecular weight excluding hydrogens is 282 g/mol. The van der Waals surface area contributed by atoms with Crippen molar-refractivity contribution in [3.05, 3.63) is 27.5 Å². The van der Waals surface area contributed by atoms with Gasteiger partial charge in [0.05, 0.1) is 0 Å². The number of carbonyl (C=O) groups excluding carboxylic acids is 1. The molecule has 2 aromatic rings.